The first-order valence-electron chi connectivity index (χ1n) is 5.77. The van der Waals surface area contributed by atoms with Crippen LogP contribution in [0.25, 0.3) is 0 Å². The van der Waals surface area contributed by atoms with E-state index >= 15 is 0 Å². The second-order valence-electron chi connectivity index (χ2n) is 4.71. The fourth-order valence-electron chi connectivity index (χ4n) is 2.91. The second-order valence-corrected chi connectivity index (χ2v) is 4.71. The van der Waals surface area contributed by atoms with Gasteiger partial charge in [0.15, 0.2) is 5.79 Å². The van der Waals surface area contributed by atoms with Crippen LogP contribution in [0.5, 0.6) is 0 Å². The zero-order valence-corrected chi connectivity index (χ0v) is 8.88. The van der Waals surface area contributed by atoms with Crippen LogP contribution in [0.1, 0.15) is 38.5 Å². The fraction of sp³-hybridized carbons (Fsp3) is 0.750. The quantitative estimate of drug-likeness (QED) is 0.571. The van der Waals surface area contributed by atoms with Crippen molar-refractivity contribution in [2.45, 2.75) is 44.3 Å². The summed E-state index contributed by atoms with van der Waals surface area (Å²) in [5, 5.41) is 0. The molecule has 0 amide bonds. The Morgan fingerprint density at radius 1 is 1.00 bits per heavy atom. The van der Waals surface area contributed by atoms with Gasteiger partial charge in [0.1, 0.15) is 5.78 Å². The van der Waals surface area contributed by atoms with Gasteiger partial charge in [-0.05, 0) is 12.8 Å². The van der Waals surface area contributed by atoms with E-state index in [9.17, 15) is 4.79 Å². The van der Waals surface area contributed by atoms with Crippen LogP contribution in [0.3, 0.4) is 0 Å². The maximum Gasteiger partial charge on any atom is 0.172 e. The molecule has 1 saturated heterocycles. The van der Waals surface area contributed by atoms with E-state index in [1.807, 2.05) is 0 Å². The molecule has 0 N–H and O–H groups in total. The van der Waals surface area contributed by atoms with Crippen LogP contribution < -0.4 is 0 Å². The molecule has 2 aliphatic carbocycles. The number of hydrogen-bond donors (Lipinski definition) is 0. The van der Waals surface area contributed by atoms with Gasteiger partial charge in [-0.2, -0.15) is 0 Å². The predicted molar refractivity (Wildman–Crippen MR) is 54.4 cm³/mol. The molecule has 82 valence electrons. The topological polar surface area (TPSA) is 35.5 Å². The zero-order valence-electron chi connectivity index (χ0n) is 8.88. The van der Waals surface area contributed by atoms with Crippen LogP contribution in [0, 0.1) is 0 Å². The minimum atomic E-state index is -0.365. The minimum Gasteiger partial charge on any atom is -0.347 e. The van der Waals surface area contributed by atoms with Gasteiger partial charge in [-0.3, -0.25) is 4.79 Å². The van der Waals surface area contributed by atoms with E-state index in [0.29, 0.717) is 25.4 Å². The van der Waals surface area contributed by atoms with E-state index in [1.54, 1.807) is 0 Å². The lowest BCUT2D eigenvalue weighted by atomic mass is 9.79. The molecule has 0 saturated carbocycles. The van der Waals surface area contributed by atoms with Crippen molar-refractivity contribution in [3.63, 3.8) is 0 Å². The summed E-state index contributed by atoms with van der Waals surface area (Å²) in [5.41, 5.74) is 2.80. The van der Waals surface area contributed by atoms with Crippen molar-refractivity contribution >= 4 is 5.78 Å². The Bertz CT molecular complexity index is 324. The summed E-state index contributed by atoms with van der Waals surface area (Å²) in [4.78, 5) is 11.4. The molecule has 0 aromatic carbocycles. The standard InChI is InChI=1S/C12H16O3/c13-11-2-1-9-3-4-12(8-10(9)7-11)14-5-6-15-12/h1-8H2. The Morgan fingerprint density at radius 3 is 2.60 bits per heavy atom. The lowest BCUT2D eigenvalue weighted by Gasteiger charge is -2.36. The average molecular weight is 208 g/mol. The van der Waals surface area contributed by atoms with Gasteiger partial charge in [0.25, 0.3) is 0 Å². The number of Topliss-reactive ketones (excluding diaryl/α,β-unsaturated/α-hetero) is 1. The zero-order chi connectivity index (χ0) is 10.3. The lowest BCUT2D eigenvalue weighted by molar-refractivity contribution is -0.164. The summed E-state index contributed by atoms with van der Waals surface area (Å²) in [6, 6.07) is 0. The Hall–Kier alpha value is -0.670. The number of ketones is 1. The summed E-state index contributed by atoms with van der Waals surface area (Å²) in [6.07, 6.45) is 5.22. The number of ether oxygens (including phenoxy) is 2. The highest BCUT2D eigenvalue weighted by atomic mass is 16.7. The molecule has 0 aromatic heterocycles. The molecule has 0 aromatic rings. The molecule has 1 heterocycles. The van der Waals surface area contributed by atoms with Gasteiger partial charge in [-0.25, -0.2) is 0 Å². The highest BCUT2D eigenvalue weighted by molar-refractivity contribution is 5.82. The van der Waals surface area contributed by atoms with E-state index < -0.39 is 0 Å². The summed E-state index contributed by atoms with van der Waals surface area (Å²) in [5.74, 6) is 0.0139. The van der Waals surface area contributed by atoms with Gasteiger partial charge in [0.2, 0.25) is 0 Å². The number of carbonyl (C=O) groups excluding carboxylic acids is 1. The van der Waals surface area contributed by atoms with Crippen LogP contribution >= 0.6 is 0 Å². The van der Waals surface area contributed by atoms with Crippen molar-refractivity contribution in [2.75, 3.05) is 13.2 Å². The Kier molecular flexibility index (Phi) is 2.18. The Morgan fingerprint density at radius 2 is 1.80 bits per heavy atom. The molecule has 1 fully saturated rings. The van der Waals surface area contributed by atoms with Crippen molar-refractivity contribution in [3.05, 3.63) is 11.1 Å². The first kappa shape index (κ1) is 9.55. The van der Waals surface area contributed by atoms with Gasteiger partial charge in [0, 0.05) is 25.7 Å². The smallest absolute Gasteiger partial charge is 0.172 e. The fourth-order valence-corrected chi connectivity index (χ4v) is 2.91. The van der Waals surface area contributed by atoms with Crippen LogP contribution in [0.4, 0.5) is 0 Å². The molecule has 3 rings (SSSR count). The molecule has 3 heteroatoms. The molecule has 3 nitrogen and oxygen atoms in total. The van der Waals surface area contributed by atoms with Gasteiger partial charge in [-0.15, -0.1) is 0 Å². The molecule has 0 unspecified atom stereocenters. The molecule has 3 aliphatic rings. The van der Waals surface area contributed by atoms with Gasteiger partial charge >= 0.3 is 0 Å². The van der Waals surface area contributed by atoms with Gasteiger partial charge in [0.05, 0.1) is 13.2 Å². The third-order valence-electron chi connectivity index (χ3n) is 3.72. The average Bonchev–Trinajstić information content (AvgIpc) is 2.66. The van der Waals surface area contributed by atoms with E-state index in [-0.39, 0.29) is 5.79 Å². The lowest BCUT2D eigenvalue weighted by Crippen LogP contribution is -2.35. The van der Waals surface area contributed by atoms with E-state index in [4.69, 9.17) is 9.47 Å². The number of hydrogen-bond acceptors (Lipinski definition) is 3. The first-order chi connectivity index (χ1) is 7.27. The maximum atomic E-state index is 11.4. The summed E-state index contributed by atoms with van der Waals surface area (Å²) >= 11 is 0. The summed E-state index contributed by atoms with van der Waals surface area (Å²) in [7, 11) is 0. The largest absolute Gasteiger partial charge is 0.347 e. The van der Waals surface area contributed by atoms with Crippen LogP contribution in [0.2, 0.25) is 0 Å². The molecule has 1 aliphatic heterocycles. The molecule has 0 atom stereocenters. The van der Waals surface area contributed by atoms with Crippen molar-refractivity contribution in [1.29, 1.82) is 0 Å². The molecule has 0 radical (unpaired) electrons. The third kappa shape index (κ3) is 1.64. The van der Waals surface area contributed by atoms with E-state index in [2.05, 4.69) is 0 Å². The molecule has 15 heavy (non-hydrogen) atoms. The minimum absolute atomic E-state index is 0.365. The van der Waals surface area contributed by atoms with Gasteiger partial charge < -0.3 is 9.47 Å². The van der Waals surface area contributed by atoms with Crippen molar-refractivity contribution in [1.82, 2.24) is 0 Å². The number of rotatable bonds is 0. The van der Waals surface area contributed by atoms with Crippen molar-refractivity contribution < 1.29 is 14.3 Å². The Labute approximate surface area is 89.4 Å². The Balaban J connectivity index is 1.83. The normalized spacial score (nSPS) is 29.7. The predicted octanol–water partition coefficient (Wildman–Crippen LogP) is 1.96. The van der Waals surface area contributed by atoms with E-state index in [1.165, 1.54) is 11.1 Å². The first-order valence-corrected chi connectivity index (χ1v) is 5.77. The summed E-state index contributed by atoms with van der Waals surface area (Å²) in [6.45, 7) is 1.41. The van der Waals surface area contributed by atoms with Crippen LogP contribution in [-0.4, -0.2) is 24.8 Å². The number of allylic oxidation sites excluding steroid dienone is 1. The molecular formula is C12H16O3. The number of carbonyl (C=O) groups is 1. The molecule has 0 bridgehead atoms. The van der Waals surface area contributed by atoms with E-state index in [0.717, 1.165) is 32.1 Å². The monoisotopic (exact) mass is 208 g/mol. The van der Waals surface area contributed by atoms with Gasteiger partial charge in [-0.1, -0.05) is 11.1 Å². The van der Waals surface area contributed by atoms with Crippen LogP contribution in [0.15, 0.2) is 11.1 Å². The molecular weight excluding hydrogens is 192 g/mol. The van der Waals surface area contributed by atoms with Crippen molar-refractivity contribution in [2.24, 2.45) is 0 Å². The maximum absolute atomic E-state index is 11.4. The highest BCUT2D eigenvalue weighted by Crippen LogP contribution is 2.42. The third-order valence-corrected chi connectivity index (χ3v) is 3.72. The van der Waals surface area contributed by atoms with Crippen LogP contribution in [-0.2, 0) is 14.3 Å². The SMILES string of the molecule is O=C1CCC2=C(C1)CC1(CC2)OCCO1. The molecule has 1 spiro atoms. The highest BCUT2D eigenvalue weighted by Gasteiger charge is 2.41. The second kappa shape index (κ2) is 3.42. The van der Waals surface area contributed by atoms with Crippen molar-refractivity contribution in [3.8, 4) is 0 Å². The summed E-state index contributed by atoms with van der Waals surface area (Å²) < 4.78 is 11.4.